The number of rotatable bonds is 4. The van der Waals surface area contributed by atoms with E-state index in [-0.39, 0.29) is 0 Å². The molecule has 0 spiro atoms. The number of aryl methyl sites for hydroxylation is 2. The molecule has 0 saturated carbocycles. The Morgan fingerprint density at radius 2 is 1.71 bits per heavy atom. The fourth-order valence-corrected chi connectivity index (χ4v) is 2.20. The standard InChI is InChI=1S/C16H19P/c1-13-4-2-6-16(12-13)15-9-7-14(8-10-15)5-3-11-17/h2,4,6-10,12H,3,5,11,17H2,1H3. The normalized spacial score (nSPS) is 10.5. The number of benzene rings is 2. The summed E-state index contributed by atoms with van der Waals surface area (Å²) in [6, 6.07) is 17.6. The Hall–Kier alpha value is -1.13. The summed E-state index contributed by atoms with van der Waals surface area (Å²) in [5.41, 5.74) is 5.37. The highest BCUT2D eigenvalue weighted by atomic mass is 31.0. The van der Waals surface area contributed by atoms with E-state index >= 15 is 0 Å². The summed E-state index contributed by atoms with van der Waals surface area (Å²) in [5, 5.41) is 0. The lowest BCUT2D eigenvalue weighted by Crippen LogP contribution is -1.86. The molecular weight excluding hydrogens is 223 g/mol. The van der Waals surface area contributed by atoms with Crippen LogP contribution < -0.4 is 0 Å². The Kier molecular flexibility index (Phi) is 4.34. The summed E-state index contributed by atoms with van der Waals surface area (Å²) >= 11 is 0. The molecule has 88 valence electrons. The van der Waals surface area contributed by atoms with Crippen LogP contribution in [0.5, 0.6) is 0 Å². The summed E-state index contributed by atoms with van der Waals surface area (Å²) in [6.45, 7) is 2.14. The van der Waals surface area contributed by atoms with Crippen molar-refractivity contribution in [2.75, 3.05) is 6.16 Å². The minimum absolute atomic E-state index is 1.18. The third kappa shape index (κ3) is 3.41. The van der Waals surface area contributed by atoms with Crippen LogP contribution in [0.3, 0.4) is 0 Å². The molecule has 0 heterocycles. The maximum atomic E-state index is 2.78. The molecule has 0 aliphatic heterocycles. The maximum Gasteiger partial charge on any atom is -0.0181 e. The Labute approximate surface area is 106 Å². The fraction of sp³-hybridized carbons (Fsp3) is 0.250. The van der Waals surface area contributed by atoms with E-state index in [0.717, 1.165) is 0 Å². The van der Waals surface area contributed by atoms with Crippen molar-refractivity contribution in [2.45, 2.75) is 19.8 Å². The molecule has 2 aromatic rings. The third-order valence-electron chi connectivity index (χ3n) is 2.97. The lowest BCUT2D eigenvalue weighted by atomic mass is 10.0. The molecule has 1 heteroatoms. The molecule has 0 amide bonds. The molecule has 0 aliphatic rings. The average molecular weight is 242 g/mol. The minimum Gasteiger partial charge on any atom is -0.138 e. The minimum atomic E-state index is 1.18. The van der Waals surface area contributed by atoms with E-state index in [9.17, 15) is 0 Å². The molecule has 0 N–H and O–H groups in total. The van der Waals surface area contributed by atoms with Crippen molar-refractivity contribution in [2.24, 2.45) is 0 Å². The van der Waals surface area contributed by atoms with E-state index in [2.05, 4.69) is 64.7 Å². The van der Waals surface area contributed by atoms with Crippen LogP contribution in [0.25, 0.3) is 11.1 Å². The van der Waals surface area contributed by atoms with E-state index in [1.807, 2.05) is 0 Å². The predicted molar refractivity (Wildman–Crippen MR) is 79.5 cm³/mol. The maximum absolute atomic E-state index is 2.78. The molecule has 2 aromatic carbocycles. The molecule has 17 heavy (non-hydrogen) atoms. The van der Waals surface area contributed by atoms with Crippen LogP contribution in [0.2, 0.25) is 0 Å². The molecule has 0 saturated heterocycles. The largest absolute Gasteiger partial charge is 0.138 e. The zero-order valence-corrected chi connectivity index (χ0v) is 11.5. The molecule has 2 rings (SSSR count). The Morgan fingerprint density at radius 1 is 0.941 bits per heavy atom. The van der Waals surface area contributed by atoms with Crippen molar-refractivity contribution in [3.8, 4) is 11.1 Å². The van der Waals surface area contributed by atoms with E-state index < -0.39 is 0 Å². The summed E-state index contributed by atoms with van der Waals surface area (Å²) < 4.78 is 0. The summed E-state index contributed by atoms with van der Waals surface area (Å²) in [4.78, 5) is 0. The van der Waals surface area contributed by atoms with Gasteiger partial charge in [0.05, 0.1) is 0 Å². The smallest absolute Gasteiger partial charge is 0.0181 e. The van der Waals surface area contributed by atoms with Crippen molar-refractivity contribution >= 4 is 9.24 Å². The quantitative estimate of drug-likeness (QED) is 0.694. The van der Waals surface area contributed by atoms with Gasteiger partial charge in [-0.15, -0.1) is 9.24 Å². The van der Waals surface area contributed by atoms with Crippen LogP contribution in [0, 0.1) is 6.92 Å². The molecule has 0 radical (unpaired) electrons. The van der Waals surface area contributed by atoms with Crippen molar-refractivity contribution in [1.29, 1.82) is 0 Å². The highest BCUT2D eigenvalue weighted by Gasteiger charge is 1.98. The molecule has 0 bridgehead atoms. The summed E-state index contributed by atoms with van der Waals surface area (Å²) in [6.07, 6.45) is 3.60. The van der Waals surface area contributed by atoms with Gasteiger partial charge in [0, 0.05) is 0 Å². The summed E-state index contributed by atoms with van der Waals surface area (Å²) in [7, 11) is 2.78. The van der Waals surface area contributed by atoms with Crippen LogP contribution in [0.1, 0.15) is 17.5 Å². The average Bonchev–Trinajstić information content (AvgIpc) is 2.37. The van der Waals surface area contributed by atoms with Crippen LogP contribution in [-0.2, 0) is 6.42 Å². The van der Waals surface area contributed by atoms with Gasteiger partial charge in [-0.3, -0.25) is 0 Å². The second-order valence-electron chi connectivity index (χ2n) is 4.46. The zero-order chi connectivity index (χ0) is 12.1. The molecule has 0 fully saturated rings. The van der Waals surface area contributed by atoms with E-state index in [4.69, 9.17) is 0 Å². The number of hydrogen-bond acceptors (Lipinski definition) is 0. The van der Waals surface area contributed by atoms with E-state index in [1.165, 1.54) is 41.3 Å². The molecular formula is C16H19P. The zero-order valence-electron chi connectivity index (χ0n) is 10.3. The van der Waals surface area contributed by atoms with Crippen LogP contribution in [-0.4, -0.2) is 6.16 Å². The van der Waals surface area contributed by atoms with Crippen molar-refractivity contribution in [3.63, 3.8) is 0 Å². The molecule has 1 unspecified atom stereocenters. The fourth-order valence-electron chi connectivity index (χ4n) is 1.99. The summed E-state index contributed by atoms with van der Waals surface area (Å²) in [5.74, 6) is 0. The van der Waals surface area contributed by atoms with Crippen molar-refractivity contribution < 1.29 is 0 Å². The van der Waals surface area contributed by atoms with Gasteiger partial charge in [0.15, 0.2) is 0 Å². The molecule has 0 aromatic heterocycles. The first kappa shape index (κ1) is 12.3. The van der Waals surface area contributed by atoms with Gasteiger partial charge in [0.2, 0.25) is 0 Å². The second-order valence-corrected chi connectivity index (χ2v) is 5.04. The number of hydrogen-bond donors (Lipinski definition) is 0. The van der Waals surface area contributed by atoms with Gasteiger partial charge in [-0.2, -0.15) is 0 Å². The Morgan fingerprint density at radius 3 is 2.35 bits per heavy atom. The van der Waals surface area contributed by atoms with Crippen molar-refractivity contribution in [1.82, 2.24) is 0 Å². The molecule has 0 nitrogen and oxygen atoms in total. The van der Waals surface area contributed by atoms with Gasteiger partial charge in [-0.25, -0.2) is 0 Å². The Balaban J connectivity index is 2.17. The van der Waals surface area contributed by atoms with Gasteiger partial charge in [0.1, 0.15) is 0 Å². The Bertz CT molecular complexity index is 471. The highest BCUT2D eigenvalue weighted by molar-refractivity contribution is 7.16. The van der Waals surface area contributed by atoms with E-state index in [1.54, 1.807) is 0 Å². The van der Waals surface area contributed by atoms with Crippen molar-refractivity contribution in [3.05, 3.63) is 59.7 Å². The van der Waals surface area contributed by atoms with Gasteiger partial charge in [-0.1, -0.05) is 54.1 Å². The predicted octanol–water partition coefficient (Wildman–Crippen LogP) is 4.47. The first-order valence-corrected chi connectivity index (χ1v) is 6.97. The lowest BCUT2D eigenvalue weighted by molar-refractivity contribution is 0.934. The van der Waals surface area contributed by atoms with E-state index in [0.29, 0.717) is 0 Å². The van der Waals surface area contributed by atoms with Gasteiger partial charge >= 0.3 is 0 Å². The van der Waals surface area contributed by atoms with Crippen LogP contribution in [0.4, 0.5) is 0 Å². The van der Waals surface area contributed by atoms with Gasteiger partial charge in [0.25, 0.3) is 0 Å². The van der Waals surface area contributed by atoms with Gasteiger partial charge < -0.3 is 0 Å². The van der Waals surface area contributed by atoms with Crippen LogP contribution >= 0.6 is 9.24 Å². The first-order chi connectivity index (χ1) is 8.29. The third-order valence-corrected chi connectivity index (χ3v) is 3.38. The first-order valence-electron chi connectivity index (χ1n) is 6.15. The van der Waals surface area contributed by atoms with Gasteiger partial charge in [-0.05, 0) is 42.6 Å². The molecule has 1 atom stereocenters. The SMILES string of the molecule is Cc1cccc(-c2ccc(CCCP)cc2)c1. The lowest BCUT2D eigenvalue weighted by Gasteiger charge is -2.05. The topological polar surface area (TPSA) is 0 Å². The van der Waals surface area contributed by atoms with Crippen LogP contribution in [0.15, 0.2) is 48.5 Å². The second kappa shape index (κ2) is 5.98. The monoisotopic (exact) mass is 242 g/mol. The molecule has 0 aliphatic carbocycles. The highest BCUT2D eigenvalue weighted by Crippen LogP contribution is 2.21.